The number of rotatable bonds is 8. The van der Waals surface area contributed by atoms with Gasteiger partial charge in [-0.1, -0.05) is 20.3 Å². The number of fused-ring (bicyclic) bond motifs is 3. The van der Waals surface area contributed by atoms with Crippen molar-refractivity contribution in [3.05, 3.63) is 29.5 Å². The summed E-state index contributed by atoms with van der Waals surface area (Å²) < 4.78 is 7.44. The van der Waals surface area contributed by atoms with Crippen LogP contribution in [-0.2, 0) is 17.8 Å². The first kappa shape index (κ1) is 19.5. The van der Waals surface area contributed by atoms with E-state index >= 15 is 0 Å². The highest BCUT2D eigenvalue weighted by molar-refractivity contribution is 6.10. The van der Waals surface area contributed by atoms with Gasteiger partial charge in [-0.3, -0.25) is 9.59 Å². The van der Waals surface area contributed by atoms with E-state index in [2.05, 4.69) is 18.4 Å². The Kier molecular flexibility index (Phi) is 6.19. The number of hydrogen-bond acceptors (Lipinski definition) is 3. The summed E-state index contributed by atoms with van der Waals surface area (Å²) in [6, 6.07) is 5.80. The molecule has 2 aromatic rings. The predicted octanol–water partition coefficient (Wildman–Crippen LogP) is 4.21. The normalized spacial score (nSPS) is 13.7. The molecule has 0 saturated heterocycles. The van der Waals surface area contributed by atoms with Crippen molar-refractivity contribution in [3.8, 4) is 5.75 Å². The summed E-state index contributed by atoms with van der Waals surface area (Å²) in [6.07, 6.45) is 5.32. The van der Waals surface area contributed by atoms with Crippen LogP contribution in [0.3, 0.4) is 0 Å². The van der Waals surface area contributed by atoms with Gasteiger partial charge >= 0.3 is 0 Å². The van der Waals surface area contributed by atoms with Gasteiger partial charge < -0.3 is 14.2 Å². The highest BCUT2D eigenvalue weighted by Gasteiger charge is 2.27. The number of amides is 1. The van der Waals surface area contributed by atoms with E-state index in [0.717, 1.165) is 73.1 Å². The Hall–Kier alpha value is -2.30. The maximum Gasteiger partial charge on any atom is 0.242 e. The lowest BCUT2D eigenvalue weighted by atomic mass is 9.94. The second-order valence-electron chi connectivity index (χ2n) is 7.30. The van der Waals surface area contributed by atoms with Crippen LogP contribution < -0.4 is 4.74 Å². The molecule has 0 N–H and O–H groups in total. The van der Waals surface area contributed by atoms with Crippen LogP contribution in [-0.4, -0.2) is 41.4 Å². The molecule has 0 unspecified atom stereocenters. The summed E-state index contributed by atoms with van der Waals surface area (Å²) in [5.74, 6) is 1.06. The molecule has 1 amide bonds. The van der Waals surface area contributed by atoms with Crippen LogP contribution in [0.25, 0.3) is 10.9 Å². The lowest BCUT2D eigenvalue weighted by Crippen LogP contribution is -2.35. The SMILES string of the molecule is CCCCN(CCC)C(=O)Cn1c2c(c3ccc(OC)cc31)C(=O)CCC2. The van der Waals surface area contributed by atoms with Gasteiger partial charge in [0, 0.05) is 42.2 Å². The van der Waals surface area contributed by atoms with Crippen molar-refractivity contribution in [1.82, 2.24) is 9.47 Å². The Labute approximate surface area is 161 Å². The van der Waals surface area contributed by atoms with Crippen molar-refractivity contribution >= 4 is 22.6 Å². The molecule has 1 aliphatic rings. The number of nitrogens with zero attached hydrogens (tertiary/aromatic N) is 2. The molecule has 0 bridgehead atoms. The first-order valence-electron chi connectivity index (χ1n) is 10.1. The summed E-state index contributed by atoms with van der Waals surface area (Å²) in [5.41, 5.74) is 2.74. The quantitative estimate of drug-likeness (QED) is 0.699. The van der Waals surface area contributed by atoms with Gasteiger partial charge in [-0.15, -0.1) is 0 Å². The van der Waals surface area contributed by atoms with E-state index in [1.807, 2.05) is 23.1 Å². The Morgan fingerprint density at radius 2 is 2.00 bits per heavy atom. The standard InChI is InChI=1S/C22H30N2O3/c1-4-6-13-23(12-5-2)21(26)15-24-18-8-7-9-20(25)22(18)17-11-10-16(27-3)14-19(17)24/h10-11,14H,4-9,12-13,15H2,1-3H3. The zero-order valence-corrected chi connectivity index (χ0v) is 16.7. The highest BCUT2D eigenvalue weighted by Crippen LogP contribution is 2.34. The van der Waals surface area contributed by atoms with E-state index in [9.17, 15) is 9.59 Å². The number of carbonyl (C=O) groups is 2. The van der Waals surface area contributed by atoms with Gasteiger partial charge in [0.15, 0.2) is 5.78 Å². The van der Waals surface area contributed by atoms with Crippen molar-refractivity contribution in [1.29, 1.82) is 0 Å². The minimum absolute atomic E-state index is 0.130. The molecule has 27 heavy (non-hydrogen) atoms. The van der Waals surface area contributed by atoms with E-state index in [4.69, 9.17) is 4.74 Å². The molecule has 5 heteroatoms. The molecule has 0 atom stereocenters. The topological polar surface area (TPSA) is 51.5 Å². The lowest BCUT2D eigenvalue weighted by Gasteiger charge is -2.23. The number of Topliss-reactive ketones (excluding diaryl/α,β-unsaturated/α-hetero) is 1. The fourth-order valence-corrected chi connectivity index (χ4v) is 4.02. The Morgan fingerprint density at radius 1 is 1.19 bits per heavy atom. The number of hydrogen-bond donors (Lipinski definition) is 0. The monoisotopic (exact) mass is 370 g/mol. The van der Waals surface area contributed by atoms with Crippen molar-refractivity contribution in [2.45, 2.75) is 58.9 Å². The van der Waals surface area contributed by atoms with Crippen LogP contribution >= 0.6 is 0 Å². The zero-order valence-electron chi connectivity index (χ0n) is 16.7. The molecule has 0 radical (unpaired) electrons. The van der Waals surface area contributed by atoms with Gasteiger partial charge in [0.1, 0.15) is 12.3 Å². The number of carbonyl (C=O) groups excluding carboxylic acids is 2. The van der Waals surface area contributed by atoms with Crippen molar-refractivity contribution in [3.63, 3.8) is 0 Å². The molecule has 0 saturated carbocycles. The second-order valence-corrected chi connectivity index (χ2v) is 7.30. The summed E-state index contributed by atoms with van der Waals surface area (Å²) in [5, 5.41) is 0.943. The number of methoxy groups -OCH3 is 1. The molecular weight excluding hydrogens is 340 g/mol. The first-order chi connectivity index (χ1) is 13.1. The third kappa shape index (κ3) is 3.87. The van der Waals surface area contributed by atoms with Crippen molar-refractivity contribution in [2.24, 2.45) is 0 Å². The molecule has 1 aromatic heterocycles. The van der Waals surface area contributed by atoms with Gasteiger partial charge in [-0.25, -0.2) is 0 Å². The van der Waals surface area contributed by atoms with Gasteiger partial charge in [0.2, 0.25) is 5.91 Å². The molecule has 0 spiro atoms. The molecule has 5 nitrogen and oxygen atoms in total. The third-order valence-electron chi connectivity index (χ3n) is 5.40. The van der Waals surface area contributed by atoms with Crippen LogP contribution in [0.15, 0.2) is 18.2 Å². The number of benzene rings is 1. The van der Waals surface area contributed by atoms with Crippen LogP contribution in [0.1, 0.15) is 62.0 Å². The minimum atomic E-state index is 0.130. The van der Waals surface area contributed by atoms with E-state index in [-0.39, 0.29) is 18.2 Å². The fraction of sp³-hybridized carbons (Fsp3) is 0.545. The summed E-state index contributed by atoms with van der Waals surface area (Å²) in [7, 11) is 1.64. The minimum Gasteiger partial charge on any atom is -0.497 e. The maximum absolute atomic E-state index is 13.1. The van der Waals surface area contributed by atoms with Crippen LogP contribution in [0, 0.1) is 0 Å². The smallest absolute Gasteiger partial charge is 0.242 e. The summed E-state index contributed by atoms with van der Waals surface area (Å²) >= 11 is 0. The first-order valence-corrected chi connectivity index (χ1v) is 10.1. The number of ether oxygens (including phenoxy) is 1. The van der Waals surface area contributed by atoms with Crippen LogP contribution in [0.5, 0.6) is 5.75 Å². The molecule has 1 aromatic carbocycles. The molecule has 146 valence electrons. The van der Waals surface area contributed by atoms with Gasteiger partial charge in [0.05, 0.1) is 12.6 Å². The van der Waals surface area contributed by atoms with E-state index in [1.165, 1.54) is 0 Å². The Bertz CT molecular complexity index is 838. The van der Waals surface area contributed by atoms with Gasteiger partial charge in [0.25, 0.3) is 0 Å². The second kappa shape index (κ2) is 8.59. The molecule has 0 aliphatic heterocycles. The van der Waals surface area contributed by atoms with Gasteiger partial charge in [-0.05, 0) is 37.8 Å². The predicted molar refractivity (Wildman–Crippen MR) is 108 cm³/mol. The summed E-state index contributed by atoms with van der Waals surface area (Å²) in [6.45, 7) is 6.11. The maximum atomic E-state index is 13.1. The molecular formula is C22H30N2O3. The average Bonchev–Trinajstić information content (AvgIpc) is 2.99. The number of unbranched alkanes of at least 4 members (excludes halogenated alkanes) is 1. The molecule has 1 aliphatic carbocycles. The number of ketones is 1. The van der Waals surface area contributed by atoms with Crippen molar-refractivity contribution in [2.75, 3.05) is 20.2 Å². The Balaban J connectivity index is 2.02. The van der Waals surface area contributed by atoms with Crippen LogP contribution in [0.4, 0.5) is 0 Å². The van der Waals surface area contributed by atoms with Crippen LogP contribution in [0.2, 0.25) is 0 Å². The molecule has 3 rings (SSSR count). The third-order valence-corrected chi connectivity index (χ3v) is 5.40. The molecule has 1 heterocycles. The largest absolute Gasteiger partial charge is 0.497 e. The zero-order chi connectivity index (χ0) is 19.4. The average molecular weight is 370 g/mol. The van der Waals surface area contributed by atoms with E-state index < -0.39 is 0 Å². The summed E-state index contributed by atoms with van der Waals surface area (Å²) in [4.78, 5) is 27.6. The number of aromatic nitrogens is 1. The van der Waals surface area contributed by atoms with Crippen molar-refractivity contribution < 1.29 is 14.3 Å². The Morgan fingerprint density at radius 3 is 2.70 bits per heavy atom. The highest BCUT2D eigenvalue weighted by atomic mass is 16.5. The fourth-order valence-electron chi connectivity index (χ4n) is 4.02. The van der Waals surface area contributed by atoms with E-state index in [1.54, 1.807) is 7.11 Å². The van der Waals surface area contributed by atoms with E-state index in [0.29, 0.717) is 6.42 Å². The van der Waals surface area contributed by atoms with Gasteiger partial charge in [-0.2, -0.15) is 0 Å². The molecule has 0 fully saturated rings. The lowest BCUT2D eigenvalue weighted by molar-refractivity contribution is -0.131.